The average Bonchev–Trinajstić information content (AvgIpc) is 2.25. The van der Waals surface area contributed by atoms with E-state index in [0.29, 0.717) is 5.92 Å². The lowest BCUT2D eigenvalue weighted by Gasteiger charge is -2.33. The molecule has 1 aliphatic heterocycles. The van der Waals surface area contributed by atoms with Crippen LogP contribution in [0.25, 0.3) is 0 Å². The minimum atomic E-state index is -0.151. The number of aliphatic hydroxyl groups is 1. The smallest absolute Gasteiger partial charge is 0.0596 e. The lowest BCUT2D eigenvalue weighted by atomic mass is 9.89. The number of aromatic nitrogens is 1. The summed E-state index contributed by atoms with van der Waals surface area (Å²) in [6, 6.07) is 4.03. The van der Waals surface area contributed by atoms with E-state index in [9.17, 15) is 5.11 Å². The Morgan fingerprint density at radius 3 is 3.20 bits per heavy atom. The minimum absolute atomic E-state index is 0.151. The molecule has 1 N–H and O–H groups in total. The SMILES string of the molecule is CN1CC[C@H](O)[C@H](Cc2cccnc2)C1. The fourth-order valence-electron chi connectivity index (χ4n) is 2.22. The molecule has 0 radical (unpaired) electrons. The van der Waals surface area contributed by atoms with Crippen LogP contribution in [-0.4, -0.2) is 41.2 Å². The standard InChI is InChI=1S/C12H18N2O/c1-14-6-4-12(15)11(9-14)7-10-3-2-5-13-8-10/h2-3,5,8,11-12,15H,4,6-7,9H2,1H3/t11-,12+/m1/s1. The van der Waals surface area contributed by atoms with E-state index in [1.807, 2.05) is 12.3 Å². The third-order valence-electron chi connectivity index (χ3n) is 3.12. The van der Waals surface area contributed by atoms with E-state index in [2.05, 4.69) is 23.0 Å². The molecular formula is C12H18N2O. The van der Waals surface area contributed by atoms with Gasteiger partial charge in [0.2, 0.25) is 0 Å². The molecule has 0 aromatic carbocycles. The molecule has 1 aromatic rings. The van der Waals surface area contributed by atoms with Gasteiger partial charge in [-0.25, -0.2) is 0 Å². The third kappa shape index (κ3) is 2.76. The van der Waals surface area contributed by atoms with Gasteiger partial charge in [0, 0.05) is 31.4 Å². The summed E-state index contributed by atoms with van der Waals surface area (Å²) in [4.78, 5) is 6.38. The van der Waals surface area contributed by atoms with Crippen molar-refractivity contribution in [3.8, 4) is 0 Å². The zero-order chi connectivity index (χ0) is 10.7. The Hall–Kier alpha value is -0.930. The molecule has 1 fully saturated rings. The van der Waals surface area contributed by atoms with Crippen molar-refractivity contribution in [1.82, 2.24) is 9.88 Å². The van der Waals surface area contributed by atoms with Gasteiger partial charge in [-0.2, -0.15) is 0 Å². The van der Waals surface area contributed by atoms with Crippen LogP contribution >= 0.6 is 0 Å². The lowest BCUT2D eigenvalue weighted by molar-refractivity contribution is 0.0366. The number of pyridine rings is 1. The highest BCUT2D eigenvalue weighted by Gasteiger charge is 2.25. The molecule has 3 nitrogen and oxygen atoms in total. The molecule has 0 spiro atoms. The Balaban J connectivity index is 1.98. The van der Waals surface area contributed by atoms with Crippen LogP contribution in [0.4, 0.5) is 0 Å². The fraction of sp³-hybridized carbons (Fsp3) is 0.583. The monoisotopic (exact) mass is 206 g/mol. The normalized spacial score (nSPS) is 27.9. The fourth-order valence-corrected chi connectivity index (χ4v) is 2.22. The number of piperidine rings is 1. The quantitative estimate of drug-likeness (QED) is 0.782. The van der Waals surface area contributed by atoms with E-state index < -0.39 is 0 Å². The van der Waals surface area contributed by atoms with Gasteiger partial charge in [0.05, 0.1) is 6.10 Å². The summed E-state index contributed by atoms with van der Waals surface area (Å²) in [6.45, 7) is 1.99. The van der Waals surface area contributed by atoms with Crippen LogP contribution in [0.1, 0.15) is 12.0 Å². The number of hydrogen-bond donors (Lipinski definition) is 1. The molecule has 1 saturated heterocycles. The summed E-state index contributed by atoms with van der Waals surface area (Å²) in [6.07, 6.45) is 5.34. The highest BCUT2D eigenvalue weighted by Crippen LogP contribution is 2.20. The van der Waals surface area contributed by atoms with Crippen molar-refractivity contribution in [3.05, 3.63) is 30.1 Å². The average molecular weight is 206 g/mol. The van der Waals surface area contributed by atoms with E-state index in [-0.39, 0.29) is 6.10 Å². The highest BCUT2D eigenvalue weighted by atomic mass is 16.3. The Labute approximate surface area is 90.8 Å². The molecule has 82 valence electrons. The molecule has 1 aromatic heterocycles. The predicted molar refractivity (Wildman–Crippen MR) is 59.6 cm³/mol. The molecule has 0 aliphatic carbocycles. The second kappa shape index (κ2) is 4.73. The van der Waals surface area contributed by atoms with Crippen LogP contribution in [0.5, 0.6) is 0 Å². The van der Waals surface area contributed by atoms with Crippen LogP contribution in [0, 0.1) is 5.92 Å². The first-order valence-electron chi connectivity index (χ1n) is 5.51. The van der Waals surface area contributed by atoms with Gasteiger partial charge in [0.25, 0.3) is 0 Å². The number of likely N-dealkylation sites (tertiary alicyclic amines) is 1. The third-order valence-corrected chi connectivity index (χ3v) is 3.12. The summed E-state index contributed by atoms with van der Waals surface area (Å²) >= 11 is 0. The Morgan fingerprint density at radius 1 is 1.60 bits per heavy atom. The summed E-state index contributed by atoms with van der Waals surface area (Å²) in [7, 11) is 2.11. The predicted octanol–water partition coefficient (Wildman–Crippen LogP) is 0.937. The van der Waals surface area contributed by atoms with Crippen molar-refractivity contribution in [1.29, 1.82) is 0 Å². The minimum Gasteiger partial charge on any atom is -0.393 e. The number of hydrogen-bond acceptors (Lipinski definition) is 3. The summed E-state index contributed by atoms with van der Waals surface area (Å²) in [5.41, 5.74) is 1.22. The molecule has 0 unspecified atom stereocenters. The molecule has 2 heterocycles. The van der Waals surface area contributed by atoms with E-state index in [1.54, 1.807) is 6.20 Å². The molecule has 0 amide bonds. The maximum absolute atomic E-state index is 9.90. The molecular weight excluding hydrogens is 188 g/mol. The van der Waals surface area contributed by atoms with Gasteiger partial charge in [-0.1, -0.05) is 6.07 Å². The van der Waals surface area contributed by atoms with E-state index in [1.165, 1.54) is 5.56 Å². The van der Waals surface area contributed by atoms with Crippen LogP contribution < -0.4 is 0 Å². The Morgan fingerprint density at radius 2 is 2.47 bits per heavy atom. The summed E-state index contributed by atoms with van der Waals surface area (Å²) < 4.78 is 0. The molecule has 0 saturated carbocycles. The van der Waals surface area contributed by atoms with Crippen molar-refractivity contribution < 1.29 is 5.11 Å². The Bertz CT molecular complexity index is 302. The largest absolute Gasteiger partial charge is 0.393 e. The van der Waals surface area contributed by atoms with Crippen molar-refractivity contribution >= 4 is 0 Å². The van der Waals surface area contributed by atoms with E-state index >= 15 is 0 Å². The van der Waals surface area contributed by atoms with Crippen LogP contribution in [-0.2, 0) is 6.42 Å². The first kappa shape index (κ1) is 10.6. The van der Waals surface area contributed by atoms with Crippen LogP contribution in [0.2, 0.25) is 0 Å². The maximum atomic E-state index is 9.90. The second-order valence-corrected chi connectivity index (χ2v) is 4.44. The van der Waals surface area contributed by atoms with Gasteiger partial charge in [-0.3, -0.25) is 4.98 Å². The van der Waals surface area contributed by atoms with Gasteiger partial charge < -0.3 is 10.0 Å². The molecule has 0 bridgehead atoms. The summed E-state index contributed by atoms with van der Waals surface area (Å²) in [5.74, 6) is 0.355. The molecule has 15 heavy (non-hydrogen) atoms. The zero-order valence-electron chi connectivity index (χ0n) is 9.13. The van der Waals surface area contributed by atoms with Crippen molar-refractivity contribution in [2.45, 2.75) is 18.9 Å². The molecule has 1 aliphatic rings. The second-order valence-electron chi connectivity index (χ2n) is 4.44. The number of aliphatic hydroxyl groups excluding tert-OH is 1. The van der Waals surface area contributed by atoms with Crippen LogP contribution in [0.3, 0.4) is 0 Å². The molecule has 2 atom stereocenters. The van der Waals surface area contributed by atoms with Crippen molar-refractivity contribution in [3.63, 3.8) is 0 Å². The van der Waals surface area contributed by atoms with Gasteiger partial charge in [0.1, 0.15) is 0 Å². The maximum Gasteiger partial charge on any atom is 0.0596 e. The van der Waals surface area contributed by atoms with E-state index in [0.717, 1.165) is 25.9 Å². The lowest BCUT2D eigenvalue weighted by Crippen LogP contribution is -2.41. The summed E-state index contributed by atoms with van der Waals surface area (Å²) in [5, 5.41) is 9.90. The topological polar surface area (TPSA) is 36.4 Å². The van der Waals surface area contributed by atoms with Gasteiger partial charge in [0.15, 0.2) is 0 Å². The number of rotatable bonds is 2. The Kier molecular flexibility index (Phi) is 3.34. The molecule has 3 heteroatoms. The van der Waals surface area contributed by atoms with E-state index in [4.69, 9.17) is 0 Å². The first-order chi connectivity index (χ1) is 7.25. The first-order valence-corrected chi connectivity index (χ1v) is 5.51. The van der Waals surface area contributed by atoms with Crippen molar-refractivity contribution in [2.75, 3.05) is 20.1 Å². The highest BCUT2D eigenvalue weighted by molar-refractivity contribution is 5.10. The van der Waals surface area contributed by atoms with Gasteiger partial charge in [-0.15, -0.1) is 0 Å². The van der Waals surface area contributed by atoms with Crippen LogP contribution in [0.15, 0.2) is 24.5 Å². The zero-order valence-corrected chi connectivity index (χ0v) is 9.13. The molecule has 2 rings (SSSR count). The van der Waals surface area contributed by atoms with Gasteiger partial charge >= 0.3 is 0 Å². The van der Waals surface area contributed by atoms with Crippen molar-refractivity contribution in [2.24, 2.45) is 5.92 Å². The number of nitrogens with zero attached hydrogens (tertiary/aromatic N) is 2. The van der Waals surface area contributed by atoms with Gasteiger partial charge in [-0.05, 0) is 31.5 Å².